The Morgan fingerprint density at radius 3 is 1.06 bits per heavy atom. The molecule has 0 aliphatic heterocycles. The number of rotatable bonds is 15. The molecule has 0 saturated heterocycles. The van der Waals surface area contributed by atoms with Crippen molar-refractivity contribution < 1.29 is 29.2 Å². The van der Waals surface area contributed by atoms with Crippen LogP contribution in [-0.4, -0.2) is 48.8 Å². The van der Waals surface area contributed by atoms with Crippen molar-refractivity contribution >= 4 is 0 Å². The van der Waals surface area contributed by atoms with E-state index in [0.29, 0.717) is 0 Å². The van der Waals surface area contributed by atoms with Crippen molar-refractivity contribution in [2.24, 2.45) is 0 Å². The molecule has 0 aliphatic rings. The first-order valence-corrected chi connectivity index (χ1v) is 17.7. The molecule has 6 rings (SSSR count). The fourth-order valence-electron chi connectivity index (χ4n) is 6.41. The van der Waals surface area contributed by atoms with Crippen molar-refractivity contribution in [1.82, 2.24) is 0 Å². The van der Waals surface area contributed by atoms with E-state index in [9.17, 15) is 10.2 Å². The van der Waals surface area contributed by atoms with Gasteiger partial charge in [0, 0.05) is 11.1 Å². The molecule has 6 nitrogen and oxygen atoms in total. The summed E-state index contributed by atoms with van der Waals surface area (Å²) in [7, 11) is 0. The molecule has 266 valence electrons. The molecule has 2 atom stereocenters. The third kappa shape index (κ3) is 9.02. The maximum atomic E-state index is 10.8. The second kappa shape index (κ2) is 17.1. The Balaban J connectivity index is 1.04. The largest absolute Gasteiger partial charge is 0.490 e. The minimum Gasteiger partial charge on any atom is -0.490 e. The van der Waals surface area contributed by atoms with Crippen LogP contribution in [-0.2, 0) is 0 Å². The number of benzene rings is 6. The smallest absolute Gasteiger partial charge is 0.127 e. The van der Waals surface area contributed by atoms with Crippen molar-refractivity contribution in [3.63, 3.8) is 0 Å². The van der Waals surface area contributed by atoms with Crippen molar-refractivity contribution in [2.75, 3.05) is 26.4 Å². The molecule has 2 N–H and O–H groups in total. The van der Waals surface area contributed by atoms with Crippen molar-refractivity contribution in [1.29, 1.82) is 0 Å². The highest BCUT2D eigenvalue weighted by Crippen LogP contribution is 2.35. The zero-order valence-electron chi connectivity index (χ0n) is 30.2. The fraction of sp³-hybridized carbons (Fsp3) is 0.217. The number of aryl methyl sites for hydroxylation is 4. The normalized spacial score (nSPS) is 12.2. The van der Waals surface area contributed by atoms with E-state index in [1.54, 1.807) is 0 Å². The molecule has 0 spiro atoms. The van der Waals surface area contributed by atoms with Gasteiger partial charge in [-0.15, -0.1) is 0 Å². The van der Waals surface area contributed by atoms with E-state index in [0.717, 1.165) is 78.6 Å². The standard InChI is InChI=1S/C46H46O6/c1-31-23-37(24-32(2)45(31)51-29-39(47)27-49-43-21-13-11-19-41(43)35-15-7-5-8-16-35)38-25-33(3)46(34(4)26-38)52-30-40(48)28-50-44-22-14-12-20-42(44)36-17-9-6-10-18-36/h5-26,39-40,47-48H,27-30H2,1-4H3. The van der Waals surface area contributed by atoms with E-state index in [1.165, 1.54) is 0 Å². The predicted molar refractivity (Wildman–Crippen MR) is 209 cm³/mol. The van der Waals surface area contributed by atoms with E-state index in [4.69, 9.17) is 18.9 Å². The lowest BCUT2D eigenvalue weighted by Crippen LogP contribution is -2.25. The average molecular weight is 695 g/mol. The topological polar surface area (TPSA) is 77.4 Å². The zero-order valence-corrected chi connectivity index (χ0v) is 30.2. The molecule has 0 radical (unpaired) electrons. The van der Waals surface area contributed by atoms with Crippen LogP contribution >= 0.6 is 0 Å². The van der Waals surface area contributed by atoms with Crippen LogP contribution in [0.2, 0.25) is 0 Å². The molecule has 0 amide bonds. The van der Waals surface area contributed by atoms with Crippen LogP contribution in [0, 0.1) is 27.7 Å². The molecule has 2 unspecified atom stereocenters. The minimum absolute atomic E-state index is 0.106. The summed E-state index contributed by atoms with van der Waals surface area (Å²) in [6, 6.07) is 44.2. The van der Waals surface area contributed by atoms with Gasteiger partial charge < -0.3 is 29.2 Å². The van der Waals surface area contributed by atoms with Gasteiger partial charge in [0.05, 0.1) is 0 Å². The summed E-state index contributed by atoms with van der Waals surface area (Å²) in [4.78, 5) is 0. The van der Waals surface area contributed by atoms with Gasteiger partial charge in [-0.1, -0.05) is 97.1 Å². The maximum Gasteiger partial charge on any atom is 0.127 e. The number of hydrogen-bond donors (Lipinski definition) is 2. The van der Waals surface area contributed by atoms with E-state index < -0.39 is 12.2 Å². The zero-order chi connectivity index (χ0) is 36.5. The van der Waals surface area contributed by atoms with Gasteiger partial charge in [0.15, 0.2) is 0 Å². The lowest BCUT2D eigenvalue weighted by atomic mass is 9.96. The second-order valence-corrected chi connectivity index (χ2v) is 13.2. The highest BCUT2D eigenvalue weighted by atomic mass is 16.5. The van der Waals surface area contributed by atoms with Gasteiger partial charge in [0.1, 0.15) is 61.6 Å². The van der Waals surface area contributed by atoms with Crippen LogP contribution < -0.4 is 18.9 Å². The Bertz CT molecular complexity index is 1880. The molecular formula is C46H46O6. The van der Waals surface area contributed by atoms with E-state index in [-0.39, 0.29) is 26.4 Å². The molecular weight excluding hydrogens is 648 g/mol. The van der Waals surface area contributed by atoms with Crippen molar-refractivity contribution in [2.45, 2.75) is 39.9 Å². The fourth-order valence-corrected chi connectivity index (χ4v) is 6.41. The molecule has 0 bridgehead atoms. The Morgan fingerprint density at radius 1 is 0.385 bits per heavy atom. The number of para-hydroxylation sites is 2. The molecule has 0 aromatic heterocycles. The first kappa shape index (κ1) is 36.2. The molecule has 0 fully saturated rings. The maximum absolute atomic E-state index is 10.8. The third-order valence-corrected chi connectivity index (χ3v) is 8.90. The molecule has 6 aromatic carbocycles. The highest BCUT2D eigenvalue weighted by Gasteiger charge is 2.16. The Labute approximate surface area is 306 Å². The van der Waals surface area contributed by atoms with Crippen LogP contribution in [0.15, 0.2) is 133 Å². The third-order valence-electron chi connectivity index (χ3n) is 8.90. The first-order valence-electron chi connectivity index (χ1n) is 17.7. The van der Waals surface area contributed by atoms with Crippen LogP contribution in [0.1, 0.15) is 22.3 Å². The molecule has 6 aromatic rings. The lowest BCUT2D eigenvalue weighted by molar-refractivity contribution is 0.0623. The summed E-state index contributed by atoms with van der Waals surface area (Å²) in [5, 5.41) is 21.5. The molecule has 52 heavy (non-hydrogen) atoms. The van der Waals surface area contributed by atoms with Gasteiger partial charge in [-0.3, -0.25) is 0 Å². The van der Waals surface area contributed by atoms with Gasteiger partial charge in [0.25, 0.3) is 0 Å². The molecule has 0 aliphatic carbocycles. The number of ether oxygens (including phenoxy) is 4. The summed E-state index contributed by atoms with van der Waals surface area (Å²) >= 11 is 0. The molecule has 6 heteroatoms. The van der Waals surface area contributed by atoms with Crippen LogP contribution in [0.3, 0.4) is 0 Å². The van der Waals surface area contributed by atoms with Crippen molar-refractivity contribution in [3.8, 4) is 56.4 Å². The molecule has 0 saturated carbocycles. The summed E-state index contributed by atoms with van der Waals surface area (Å²) in [6.45, 7) is 8.50. The highest BCUT2D eigenvalue weighted by molar-refractivity contribution is 5.72. The van der Waals surface area contributed by atoms with Crippen LogP contribution in [0.5, 0.6) is 23.0 Å². The van der Waals surface area contributed by atoms with Gasteiger partial charge in [-0.05, 0) is 109 Å². The first-order chi connectivity index (χ1) is 25.3. The van der Waals surface area contributed by atoms with E-state index in [2.05, 4.69) is 24.3 Å². The quantitative estimate of drug-likeness (QED) is 0.112. The SMILES string of the molecule is Cc1cc(-c2cc(C)c(OCC(O)COc3ccccc3-c3ccccc3)c(C)c2)cc(C)c1OCC(O)COc1ccccc1-c1ccccc1. The number of aliphatic hydroxyl groups is 2. The number of aliphatic hydroxyl groups excluding tert-OH is 2. The lowest BCUT2D eigenvalue weighted by Gasteiger charge is -2.20. The summed E-state index contributed by atoms with van der Waals surface area (Å²) < 4.78 is 24.3. The minimum atomic E-state index is -0.810. The second-order valence-electron chi connectivity index (χ2n) is 13.2. The van der Waals surface area contributed by atoms with Crippen molar-refractivity contribution in [3.05, 3.63) is 156 Å². The summed E-state index contributed by atoms with van der Waals surface area (Å²) in [5.74, 6) is 2.95. The van der Waals surface area contributed by atoms with E-state index in [1.807, 2.05) is 137 Å². The van der Waals surface area contributed by atoms with Crippen LogP contribution in [0.4, 0.5) is 0 Å². The predicted octanol–water partition coefficient (Wildman–Crippen LogP) is 9.56. The Hall–Kier alpha value is -5.56. The Morgan fingerprint density at radius 2 is 0.692 bits per heavy atom. The van der Waals surface area contributed by atoms with E-state index >= 15 is 0 Å². The van der Waals surface area contributed by atoms with Crippen LogP contribution in [0.25, 0.3) is 33.4 Å². The van der Waals surface area contributed by atoms with Gasteiger partial charge in [-0.2, -0.15) is 0 Å². The van der Waals surface area contributed by atoms with Gasteiger partial charge in [0.2, 0.25) is 0 Å². The Kier molecular flexibility index (Phi) is 11.9. The summed E-state index contributed by atoms with van der Waals surface area (Å²) in [6.07, 6.45) is -1.62. The molecule has 0 heterocycles. The van der Waals surface area contributed by atoms with Gasteiger partial charge in [-0.25, -0.2) is 0 Å². The summed E-state index contributed by atoms with van der Waals surface area (Å²) in [5.41, 5.74) is 10.1. The average Bonchev–Trinajstić information content (AvgIpc) is 3.16. The number of hydrogen-bond acceptors (Lipinski definition) is 6. The monoisotopic (exact) mass is 694 g/mol. The van der Waals surface area contributed by atoms with Gasteiger partial charge >= 0.3 is 0 Å².